The van der Waals surface area contributed by atoms with Gasteiger partial charge < -0.3 is 9.15 Å². The van der Waals surface area contributed by atoms with Gasteiger partial charge in [-0.15, -0.1) is 0 Å². The standard InChI is InChI=1S/C10H12O3/c11-6-9-4-5-10(13-9)7-12-8-2-1-3-8/h4-6,8H,1-3,7H2. The van der Waals surface area contributed by atoms with E-state index in [0.717, 1.165) is 18.6 Å². The monoisotopic (exact) mass is 180 g/mol. The van der Waals surface area contributed by atoms with Gasteiger partial charge >= 0.3 is 0 Å². The zero-order valence-corrected chi connectivity index (χ0v) is 7.36. The molecular weight excluding hydrogens is 168 g/mol. The molecule has 1 aromatic heterocycles. The number of ether oxygens (including phenoxy) is 1. The van der Waals surface area contributed by atoms with Crippen LogP contribution in [0.5, 0.6) is 0 Å². The Balaban J connectivity index is 1.82. The minimum atomic E-state index is 0.368. The molecule has 1 aliphatic rings. The lowest BCUT2D eigenvalue weighted by molar-refractivity contribution is -0.0158. The summed E-state index contributed by atoms with van der Waals surface area (Å²) in [5, 5.41) is 0. The highest BCUT2D eigenvalue weighted by Gasteiger charge is 2.18. The van der Waals surface area contributed by atoms with E-state index in [-0.39, 0.29) is 0 Å². The lowest BCUT2D eigenvalue weighted by Crippen LogP contribution is -2.20. The van der Waals surface area contributed by atoms with Crippen LogP contribution in [0.4, 0.5) is 0 Å². The highest BCUT2D eigenvalue weighted by atomic mass is 16.5. The van der Waals surface area contributed by atoms with Gasteiger partial charge in [-0.25, -0.2) is 0 Å². The van der Waals surface area contributed by atoms with Crippen LogP contribution < -0.4 is 0 Å². The molecule has 0 radical (unpaired) electrons. The zero-order valence-electron chi connectivity index (χ0n) is 7.36. The SMILES string of the molecule is O=Cc1ccc(COC2CCC2)o1. The van der Waals surface area contributed by atoms with Crippen LogP contribution in [0, 0.1) is 0 Å². The van der Waals surface area contributed by atoms with Gasteiger partial charge in [-0.1, -0.05) is 0 Å². The average Bonchev–Trinajstić information content (AvgIpc) is 2.49. The van der Waals surface area contributed by atoms with Gasteiger partial charge in [0.15, 0.2) is 12.0 Å². The summed E-state index contributed by atoms with van der Waals surface area (Å²) in [6, 6.07) is 3.44. The maximum absolute atomic E-state index is 10.3. The van der Waals surface area contributed by atoms with E-state index < -0.39 is 0 Å². The van der Waals surface area contributed by atoms with Crippen LogP contribution in [0.25, 0.3) is 0 Å². The van der Waals surface area contributed by atoms with E-state index in [2.05, 4.69) is 0 Å². The summed E-state index contributed by atoms with van der Waals surface area (Å²) >= 11 is 0. The van der Waals surface area contributed by atoms with Crippen molar-refractivity contribution in [3.05, 3.63) is 23.7 Å². The molecule has 0 amide bonds. The molecule has 0 atom stereocenters. The summed E-state index contributed by atoms with van der Waals surface area (Å²) < 4.78 is 10.7. The largest absolute Gasteiger partial charge is 0.456 e. The van der Waals surface area contributed by atoms with Gasteiger partial charge in [0.1, 0.15) is 12.4 Å². The lowest BCUT2D eigenvalue weighted by atomic mass is 9.96. The van der Waals surface area contributed by atoms with Gasteiger partial charge in [-0.2, -0.15) is 0 Å². The molecule has 0 unspecified atom stereocenters. The molecule has 1 fully saturated rings. The second kappa shape index (κ2) is 3.75. The maximum Gasteiger partial charge on any atom is 0.185 e. The van der Waals surface area contributed by atoms with E-state index in [1.54, 1.807) is 12.1 Å². The van der Waals surface area contributed by atoms with Crippen LogP contribution in [-0.4, -0.2) is 12.4 Å². The zero-order chi connectivity index (χ0) is 9.10. The summed E-state index contributed by atoms with van der Waals surface area (Å²) in [5.74, 6) is 1.10. The Morgan fingerprint density at radius 3 is 2.92 bits per heavy atom. The predicted molar refractivity (Wildman–Crippen MR) is 46.5 cm³/mol. The molecular formula is C10H12O3. The number of carbonyl (C=O) groups is 1. The molecule has 1 heterocycles. The fourth-order valence-electron chi connectivity index (χ4n) is 1.27. The molecule has 13 heavy (non-hydrogen) atoms. The van der Waals surface area contributed by atoms with Crippen molar-refractivity contribution in [1.82, 2.24) is 0 Å². The molecule has 0 spiro atoms. The van der Waals surface area contributed by atoms with Crippen molar-refractivity contribution in [2.75, 3.05) is 0 Å². The van der Waals surface area contributed by atoms with Crippen LogP contribution in [0.1, 0.15) is 35.6 Å². The summed E-state index contributed by atoms with van der Waals surface area (Å²) in [7, 11) is 0. The normalized spacial score (nSPS) is 16.9. The molecule has 2 rings (SSSR count). The molecule has 0 bridgehead atoms. The number of hydrogen-bond acceptors (Lipinski definition) is 3. The van der Waals surface area contributed by atoms with Crippen molar-refractivity contribution < 1.29 is 13.9 Å². The van der Waals surface area contributed by atoms with Gasteiger partial charge in [-0.3, -0.25) is 4.79 Å². The van der Waals surface area contributed by atoms with E-state index in [0.29, 0.717) is 24.8 Å². The number of furan rings is 1. The first kappa shape index (κ1) is 8.51. The molecule has 0 aromatic carbocycles. The third-order valence-electron chi connectivity index (χ3n) is 2.31. The van der Waals surface area contributed by atoms with E-state index in [9.17, 15) is 4.79 Å². The quantitative estimate of drug-likeness (QED) is 0.666. The van der Waals surface area contributed by atoms with Gasteiger partial charge in [0.05, 0.1) is 6.10 Å². The lowest BCUT2D eigenvalue weighted by Gasteiger charge is -2.24. The second-order valence-electron chi connectivity index (χ2n) is 3.29. The number of hydrogen-bond donors (Lipinski definition) is 0. The van der Waals surface area contributed by atoms with Crippen LogP contribution >= 0.6 is 0 Å². The van der Waals surface area contributed by atoms with Crippen LogP contribution in [0.15, 0.2) is 16.5 Å². The molecule has 70 valence electrons. The van der Waals surface area contributed by atoms with E-state index in [4.69, 9.17) is 9.15 Å². The molecule has 1 saturated carbocycles. The molecule has 3 nitrogen and oxygen atoms in total. The third kappa shape index (κ3) is 1.98. The number of rotatable bonds is 4. The summed E-state index contributed by atoms with van der Waals surface area (Å²) in [6.45, 7) is 0.485. The van der Waals surface area contributed by atoms with Crippen molar-refractivity contribution in [3.8, 4) is 0 Å². The van der Waals surface area contributed by atoms with Gasteiger partial charge in [0.2, 0.25) is 0 Å². The Hall–Kier alpha value is -1.09. The first-order valence-electron chi connectivity index (χ1n) is 4.54. The van der Waals surface area contributed by atoms with E-state index in [1.807, 2.05) is 0 Å². The first-order valence-corrected chi connectivity index (χ1v) is 4.54. The Morgan fingerprint density at radius 2 is 2.38 bits per heavy atom. The molecule has 1 aromatic rings. The van der Waals surface area contributed by atoms with Crippen molar-refractivity contribution in [2.45, 2.75) is 32.0 Å². The predicted octanol–water partition coefficient (Wildman–Crippen LogP) is 2.16. The van der Waals surface area contributed by atoms with Crippen molar-refractivity contribution >= 4 is 6.29 Å². The average molecular weight is 180 g/mol. The second-order valence-corrected chi connectivity index (χ2v) is 3.29. The smallest absolute Gasteiger partial charge is 0.185 e. The maximum atomic E-state index is 10.3. The highest BCUT2D eigenvalue weighted by Crippen LogP contribution is 2.23. The van der Waals surface area contributed by atoms with E-state index >= 15 is 0 Å². The fourth-order valence-corrected chi connectivity index (χ4v) is 1.27. The van der Waals surface area contributed by atoms with Crippen LogP contribution in [-0.2, 0) is 11.3 Å². The van der Waals surface area contributed by atoms with Crippen LogP contribution in [0.3, 0.4) is 0 Å². The molecule has 1 aliphatic carbocycles. The Bertz CT molecular complexity index is 286. The fraction of sp³-hybridized carbons (Fsp3) is 0.500. The summed E-state index contributed by atoms with van der Waals surface area (Å²) in [4.78, 5) is 10.3. The minimum absolute atomic E-state index is 0.368. The third-order valence-corrected chi connectivity index (χ3v) is 2.31. The highest BCUT2D eigenvalue weighted by molar-refractivity contribution is 5.70. The van der Waals surface area contributed by atoms with Crippen molar-refractivity contribution in [1.29, 1.82) is 0 Å². The Morgan fingerprint density at radius 1 is 1.54 bits per heavy atom. The molecule has 0 aliphatic heterocycles. The van der Waals surface area contributed by atoms with Crippen LogP contribution in [0.2, 0.25) is 0 Å². The topological polar surface area (TPSA) is 39.4 Å². The van der Waals surface area contributed by atoms with Crippen molar-refractivity contribution in [3.63, 3.8) is 0 Å². The van der Waals surface area contributed by atoms with Gasteiger partial charge in [0, 0.05) is 0 Å². The van der Waals surface area contributed by atoms with Crippen molar-refractivity contribution in [2.24, 2.45) is 0 Å². The Kier molecular flexibility index (Phi) is 2.45. The minimum Gasteiger partial charge on any atom is -0.456 e. The summed E-state index contributed by atoms with van der Waals surface area (Å²) in [5.41, 5.74) is 0. The molecule has 0 N–H and O–H groups in total. The Labute approximate surface area is 76.7 Å². The molecule has 0 saturated heterocycles. The number of carbonyl (C=O) groups excluding carboxylic acids is 1. The molecule has 3 heteroatoms. The summed E-state index contributed by atoms with van der Waals surface area (Å²) in [6.07, 6.45) is 4.68. The van der Waals surface area contributed by atoms with E-state index in [1.165, 1.54) is 6.42 Å². The van der Waals surface area contributed by atoms with Gasteiger partial charge in [0.25, 0.3) is 0 Å². The van der Waals surface area contributed by atoms with Gasteiger partial charge in [-0.05, 0) is 31.4 Å². The first-order chi connectivity index (χ1) is 6.38. The number of aldehydes is 1.